The van der Waals surface area contributed by atoms with Crippen LogP contribution in [-0.2, 0) is 9.57 Å². The van der Waals surface area contributed by atoms with E-state index in [0.29, 0.717) is 19.4 Å². The molecule has 3 fully saturated rings. The average molecular weight is 434 g/mol. The number of benzene rings is 1. The van der Waals surface area contributed by atoms with Gasteiger partial charge in [0.05, 0.1) is 18.8 Å². The summed E-state index contributed by atoms with van der Waals surface area (Å²) in [4.78, 5) is 6.57. The molecular weight excluding hydrogens is 394 g/mol. The lowest BCUT2D eigenvalue weighted by Crippen LogP contribution is -2.68. The molecule has 4 atom stereocenters. The smallest absolute Gasteiger partial charge is 0.119 e. The summed E-state index contributed by atoms with van der Waals surface area (Å²) >= 11 is 0. The van der Waals surface area contributed by atoms with Crippen LogP contribution in [0.1, 0.15) is 78.4 Å². The van der Waals surface area contributed by atoms with Crippen molar-refractivity contribution in [2.45, 2.75) is 102 Å². The summed E-state index contributed by atoms with van der Waals surface area (Å²) in [5.74, 6) is 0.840. The minimum absolute atomic E-state index is 0.130. The van der Waals surface area contributed by atoms with Crippen molar-refractivity contribution in [3.8, 4) is 5.75 Å². The van der Waals surface area contributed by atoms with Gasteiger partial charge in [-0.2, -0.15) is 5.06 Å². The number of hydrogen-bond donors (Lipinski definition) is 2. The van der Waals surface area contributed by atoms with Crippen LogP contribution in [-0.4, -0.2) is 57.9 Å². The monoisotopic (exact) mass is 433 g/mol. The van der Waals surface area contributed by atoms with Crippen LogP contribution >= 0.6 is 0 Å². The van der Waals surface area contributed by atoms with Crippen LogP contribution in [0.5, 0.6) is 5.75 Å². The summed E-state index contributed by atoms with van der Waals surface area (Å²) in [7, 11) is 0. The van der Waals surface area contributed by atoms with Gasteiger partial charge in [0.2, 0.25) is 0 Å². The Bertz CT molecular complexity index is 728. The number of hydrogen-bond acceptors (Lipinski definition) is 6. The minimum Gasteiger partial charge on any atom is -0.491 e. The summed E-state index contributed by atoms with van der Waals surface area (Å²) in [5.41, 5.74) is -0.0521. The van der Waals surface area contributed by atoms with Gasteiger partial charge < -0.3 is 19.7 Å². The van der Waals surface area contributed by atoms with Gasteiger partial charge in [0.15, 0.2) is 0 Å². The first-order valence-corrected chi connectivity index (χ1v) is 11.7. The van der Waals surface area contributed by atoms with E-state index in [2.05, 4.69) is 39.7 Å². The minimum atomic E-state index is -0.474. The number of epoxide rings is 1. The molecule has 2 N–H and O–H groups in total. The van der Waals surface area contributed by atoms with Crippen molar-refractivity contribution < 1.29 is 24.5 Å². The molecule has 174 valence electrons. The van der Waals surface area contributed by atoms with E-state index in [1.54, 1.807) is 0 Å². The Morgan fingerprint density at radius 3 is 2.10 bits per heavy atom. The highest BCUT2D eigenvalue weighted by Crippen LogP contribution is 2.55. The van der Waals surface area contributed by atoms with E-state index in [-0.39, 0.29) is 23.3 Å². The number of ether oxygens (including phenoxy) is 2. The van der Waals surface area contributed by atoms with Gasteiger partial charge in [-0.15, -0.1) is 0 Å². The zero-order valence-corrected chi connectivity index (χ0v) is 19.6. The van der Waals surface area contributed by atoms with Crippen molar-refractivity contribution in [1.82, 2.24) is 5.06 Å². The van der Waals surface area contributed by atoms with E-state index in [0.717, 1.165) is 37.2 Å². The van der Waals surface area contributed by atoms with Gasteiger partial charge in [0.1, 0.15) is 24.6 Å². The second-order valence-corrected chi connectivity index (χ2v) is 11.1. The third-order valence-corrected chi connectivity index (χ3v) is 7.36. The second kappa shape index (κ2) is 8.31. The average Bonchev–Trinajstić information content (AvgIpc) is 3.52. The normalized spacial score (nSPS) is 32.5. The van der Waals surface area contributed by atoms with Gasteiger partial charge in [-0.05, 0) is 84.4 Å². The van der Waals surface area contributed by atoms with E-state index in [1.165, 1.54) is 0 Å². The van der Waals surface area contributed by atoms with E-state index < -0.39 is 17.6 Å². The first-order chi connectivity index (χ1) is 14.5. The second-order valence-electron chi connectivity index (χ2n) is 11.1. The number of aliphatic hydroxyl groups is 2. The lowest BCUT2D eigenvalue weighted by atomic mass is 9.56. The highest BCUT2D eigenvalue weighted by Gasteiger charge is 2.59. The molecule has 0 aromatic heterocycles. The fraction of sp³-hybridized carbons (Fsp3) is 0.760. The topological polar surface area (TPSA) is 74.7 Å². The molecule has 0 bridgehead atoms. The predicted molar refractivity (Wildman–Crippen MR) is 119 cm³/mol. The lowest BCUT2D eigenvalue weighted by molar-refractivity contribution is -0.333. The van der Waals surface area contributed by atoms with Crippen LogP contribution in [0, 0.1) is 5.41 Å². The maximum absolute atomic E-state index is 10.9. The van der Waals surface area contributed by atoms with Crippen LogP contribution < -0.4 is 4.74 Å². The maximum Gasteiger partial charge on any atom is 0.119 e. The molecule has 6 nitrogen and oxygen atoms in total. The molecule has 2 aliphatic heterocycles. The van der Waals surface area contributed by atoms with Gasteiger partial charge in [-0.25, -0.2) is 0 Å². The molecule has 2 heterocycles. The molecule has 1 spiro atoms. The fourth-order valence-corrected chi connectivity index (χ4v) is 6.10. The van der Waals surface area contributed by atoms with Crippen molar-refractivity contribution in [3.63, 3.8) is 0 Å². The Morgan fingerprint density at radius 1 is 1.03 bits per heavy atom. The first-order valence-electron chi connectivity index (χ1n) is 11.7. The Labute approximate surface area is 186 Å². The summed E-state index contributed by atoms with van der Waals surface area (Å²) in [6, 6.07) is 8.06. The van der Waals surface area contributed by atoms with Crippen LogP contribution in [0.3, 0.4) is 0 Å². The standard InChI is InChI=1S/C25H39NO5/c1-17(18-9-11-19(12-10-18)29-13-20-14-30-20)31-26-23(2,3)15-25(16-24(26,4)5)21(27)7-6-8-22(25)28/h9-12,17,20-22,27-28H,6-8,13-16H2,1-5H3. The zero-order chi connectivity index (χ0) is 22.4. The van der Waals surface area contributed by atoms with Crippen molar-refractivity contribution in [2.75, 3.05) is 13.2 Å². The molecule has 6 heteroatoms. The van der Waals surface area contributed by atoms with Gasteiger partial charge in [-0.1, -0.05) is 12.1 Å². The predicted octanol–water partition coefficient (Wildman–Crippen LogP) is 4.00. The summed E-state index contributed by atoms with van der Waals surface area (Å²) in [6.07, 6.45) is 3.00. The summed E-state index contributed by atoms with van der Waals surface area (Å²) < 4.78 is 10.9. The molecule has 31 heavy (non-hydrogen) atoms. The van der Waals surface area contributed by atoms with E-state index >= 15 is 0 Å². The van der Waals surface area contributed by atoms with Crippen LogP contribution in [0.4, 0.5) is 0 Å². The SMILES string of the molecule is CC(ON1C(C)(C)CC2(CC1(C)C)C(O)CCCC2O)c1ccc(OCC2CO2)cc1. The van der Waals surface area contributed by atoms with Crippen LogP contribution in [0.25, 0.3) is 0 Å². The van der Waals surface area contributed by atoms with E-state index in [1.807, 2.05) is 24.3 Å². The van der Waals surface area contributed by atoms with Crippen molar-refractivity contribution >= 4 is 0 Å². The molecule has 4 unspecified atom stereocenters. The Hall–Kier alpha value is -1.18. The quantitative estimate of drug-likeness (QED) is 0.661. The van der Waals surface area contributed by atoms with Gasteiger partial charge in [0, 0.05) is 16.5 Å². The number of aliphatic hydroxyl groups excluding tert-OH is 2. The number of piperidine rings is 1. The third kappa shape index (κ3) is 4.64. The fourth-order valence-electron chi connectivity index (χ4n) is 6.10. The van der Waals surface area contributed by atoms with E-state index in [9.17, 15) is 10.2 Å². The Balaban J connectivity index is 1.47. The van der Waals surface area contributed by atoms with Crippen molar-refractivity contribution in [1.29, 1.82) is 0 Å². The number of hydroxylamine groups is 2. The molecule has 3 aliphatic rings. The molecule has 1 aromatic carbocycles. The lowest BCUT2D eigenvalue weighted by Gasteiger charge is -2.62. The molecule has 0 radical (unpaired) electrons. The molecule has 2 saturated heterocycles. The Kier molecular flexibility index (Phi) is 6.16. The van der Waals surface area contributed by atoms with Crippen molar-refractivity contribution in [3.05, 3.63) is 29.8 Å². The summed E-state index contributed by atoms with van der Waals surface area (Å²) in [5, 5.41) is 24.0. The van der Waals surface area contributed by atoms with Crippen LogP contribution in [0.2, 0.25) is 0 Å². The third-order valence-electron chi connectivity index (χ3n) is 7.36. The number of rotatable bonds is 6. The van der Waals surface area contributed by atoms with Gasteiger partial charge in [0.25, 0.3) is 0 Å². The maximum atomic E-state index is 10.9. The Morgan fingerprint density at radius 2 is 1.58 bits per heavy atom. The van der Waals surface area contributed by atoms with Crippen LogP contribution in [0.15, 0.2) is 24.3 Å². The largest absolute Gasteiger partial charge is 0.491 e. The summed E-state index contributed by atoms with van der Waals surface area (Å²) in [6.45, 7) is 12.1. The van der Waals surface area contributed by atoms with Gasteiger partial charge >= 0.3 is 0 Å². The number of nitrogens with zero attached hydrogens (tertiary/aromatic N) is 1. The highest BCUT2D eigenvalue weighted by molar-refractivity contribution is 5.28. The molecule has 4 rings (SSSR count). The first kappa shape index (κ1) is 23.0. The highest BCUT2D eigenvalue weighted by atomic mass is 16.7. The zero-order valence-electron chi connectivity index (χ0n) is 19.6. The van der Waals surface area contributed by atoms with E-state index in [4.69, 9.17) is 14.3 Å². The van der Waals surface area contributed by atoms with Gasteiger partial charge in [-0.3, -0.25) is 4.84 Å². The molecule has 1 aliphatic carbocycles. The molecule has 1 aromatic rings. The molecule has 0 amide bonds. The molecular formula is C25H39NO5. The van der Waals surface area contributed by atoms with Crippen molar-refractivity contribution in [2.24, 2.45) is 5.41 Å². The molecule has 1 saturated carbocycles.